The van der Waals surface area contributed by atoms with E-state index in [4.69, 9.17) is 29.4 Å². The molecule has 0 aromatic heterocycles. The van der Waals surface area contributed by atoms with Crippen LogP contribution in [0.3, 0.4) is 0 Å². The molecule has 114 valence electrons. The molecule has 0 saturated carbocycles. The second-order valence-electron chi connectivity index (χ2n) is 4.44. The van der Waals surface area contributed by atoms with E-state index in [1.54, 1.807) is 14.2 Å². The fourth-order valence-corrected chi connectivity index (χ4v) is 18.7. The first kappa shape index (κ1) is 17.9. The Morgan fingerprint density at radius 1 is 0.684 bits per heavy atom. The van der Waals surface area contributed by atoms with Crippen molar-refractivity contribution in [1.29, 1.82) is 0 Å². The lowest BCUT2D eigenvalue weighted by Gasteiger charge is -2.37. The monoisotopic (exact) mass is 360 g/mol. The van der Waals surface area contributed by atoms with Crippen LogP contribution in [0.4, 0.5) is 0 Å². The lowest BCUT2D eigenvalue weighted by molar-refractivity contribution is 0.148. The number of hydrogen-bond donors (Lipinski definition) is 0. The zero-order chi connectivity index (χ0) is 14.7. The summed E-state index contributed by atoms with van der Waals surface area (Å²) >= 11 is 0. The van der Waals surface area contributed by atoms with Crippen LogP contribution in [0.15, 0.2) is 0 Å². The van der Waals surface area contributed by atoms with Crippen molar-refractivity contribution in [3.63, 3.8) is 0 Å². The van der Waals surface area contributed by atoms with Crippen molar-refractivity contribution in [2.75, 3.05) is 14.2 Å². The first-order valence-corrected chi connectivity index (χ1v) is 16.9. The van der Waals surface area contributed by atoms with Gasteiger partial charge in [-0.2, -0.15) is 0 Å². The zero-order valence-corrected chi connectivity index (χ0v) is 18.1. The smallest absolute Gasteiger partial charge is 0.420 e. The third kappa shape index (κ3) is 5.60. The molecule has 12 heteroatoms. The van der Waals surface area contributed by atoms with E-state index in [0.29, 0.717) is 0 Å². The van der Waals surface area contributed by atoms with Crippen LogP contribution in [0, 0.1) is 0 Å². The third-order valence-electron chi connectivity index (χ3n) is 2.65. The molecule has 0 aliphatic carbocycles. The Bertz CT molecular complexity index is 273. The van der Waals surface area contributed by atoms with Crippen molar-refractivity contribution in [2.45, 2.75) is 32.7 Å². The Morgan fingerprint density at radius 3 is 1.32 bits per heavy atom. The molecule has 1 aliphatic heterocycles. The van der Waals surface area contributed by atoms with E-state index in [1.165, 1.54) is 0 Å². The van der Waals surface area contributed by atoms with Gasteiger partial charge in [-0.05, 0) is 19.6 Å². The van der Waals surface area contributed by atoms with Crippen LogP contribution < -0.4 is 0 Å². The Labute approximate surface area is 122 Å². The predicted octanol–water partition coefficient (Wildman–Crippen LogP) is 0.0641. The molecule has 19 heavy (non-hydrogen) atoms. The molecule has 0 amide bonds. The van der Waals surface area contributed by atoms with E-state index < -0.39 is 45.5 Å². The largest absolute Gasteiger partial charge is 0.479 e. The van der Waals surface area contributed by atoms with Gasteiger partial charge in [-0.1, -0.05) is 0 Å². The second kappa shape index (κ2) is 7.18. The van der Waals surface area contributed by atoms with Gasteiger partial charge in [0.15, 0.2) is 0 Å². The van der Waals surface area contributed by atoms with Crippen LogP contribution in [-0.4, -0.2) is 59.7 Å². The van der Waals surface area contributed by atoms with Gasteiger partial charge in [-0.3, -0.25) is 0 Å². The van der Waals surface area contributed by atoms with Gasteiger partial charge in [-0.25, -0.2) is 0 Å². The van der Waals surface area contributed by atoms with Crippen LogP contribution in [0.2, 0.25) is 32.7 Å². The minimum Gasteiger partial charge on any atom is -0.420 e. The summed E-state index contributed by atoms with van der Waals surface area (Å²) in [6.45, 7) is 9.59. The number of hydrogen-bond acceptors (Lipinski definition) is 7. The van der Waals surface area contributed by atoms with Crippen molar-refractivity contribution >= 4 is 45.5 Å². The lowest BCUT2D eigenvalue weighted by atomic mass is 11.8. The highest BCUT2D eigenvalue weighted by Gasteiger charge is 2.45. The Morgan fingerprint density at radius 2 is 1.00 bits per heavy atom. The van der Waals surface area contributed by atoms with Crippen LogP contribution >= 0.6 is 0 Å². The number of rotatable bonds is 2. The van der Waals surface area contributed by atoms with Crippen molar-refractivity contribution in [3.05, 3.63) is 0 Å². The minimum atomic E-state index is -2.67. The lowest BCUT2D eigenvalue weighted by Crippen LogP contribution is -2.57. The van der Waals surface area contributed by atoms with Gasteiger partial charge >= 0.3 is 45.5 Å². The summed E-state index contributed by atoms with van der Waals surface area (Å²) in [4.78, 5) is 0. The van der Waals surface area contributed by atoms with E-state index in [-0.39, 0.29) is 0 Å². The fraction of sp³-hybridized carbons (Fsp3) is 1.00. The molecule has 4 atom stereocenters. The molecule has 0 bridgehead atoms. The molecule has 0 N–H and O–H groups in total. The summed E-state index contributed by atoms with van der Waals surface area (Å²) in [5.74, 6) is 0. The average molecular weight is 361 g/mol. The van der Waals surface area contributed by atoms with E-state index in [2.05, 4.69) is 0 Å². The molecule has 0 aromatic carbocycles. The van der Waals surface area contributed by atoms with E-state index in [9.17, 15) is 0 Å². The SMILES string of the molecule is CO[Si]1(C)O[SiH](C)O[SiH](C)O[Si](C)(OC)O[SiH](C)O1. The van der Waals surface area contributed by atoms with E-state index in [0.717, 1.165) is 0 Å². The van der Waals surface area contributed by atoms with Crippen LogP contribution in [0.25, 0.3) is 0 Å². The average Bonchev–Trinajstić information content (AvgIpc) is 2.26. The molecule has 1 saturated heterocycles. The van der Waals surface area contributed by atoms with Crippen molar-refractivity contribution in [2.24, 2.45) is 0 Å². The van der Waals surface area contributed by atoms with Crippen LogP contribution in [0.5, 0.6) is 0 Å². The molecule has 1 rings (SSSR count). The molecule has 1 heterocycles. The summed E-state index contributed by atoms with van der Waals surface area (Å²) in [6.07, 6.45) is 0. The molecule has 1 fully saturated rings. The van der Waals surface area contributed by atoms with Gasteiger partial charge in [0.2, 0.25) is 0 Å². The van der Waals surface area contributed by atoms with Gasteiger partial charge in [-0.15, -0.1) is 0 Å². The van der Waals surface area contributed by atoms with Gasteiger partial charge in [0.25, 0.3) is 0 Å². The highest BCUT2D eigenvalue weighted by Crippen LogP contribution is 2.19. The Hall–Kier alpha value is 0.804. The highest BCUT2D eigenvalue weighted by atomic mass is 28.5. The second-order valence-corrected chi connectivity index (χ2v) is 17.0. The maximum Gasteiger partial charge on any atom is 0.479 e. The summed E-state index contributed by atoms with van der Waals surface area (Å²) in [5, 5.41) is 0. The normalized spacial score (nSPS) is 45.9. The minimum absolute atomic E-state index is 1.60. The van der Waals surface area contributed by atoms with Gasteiger partial charge < -0.3 is 29.4 Å². The molecule has 4 unspecified atom stereocenters. The molecule has 0 spiro atoms. The topological polar surface area (TPSA) is 64.6 Å². The maximum absolute atomic E-state index is 5.92. The molecule has 1 aliphatic rings. The first-order valence-electron chi connectivity index (χ1n) is 6.19. The Balaban J connectivity index is 2.89. The standard InChI is InChI=1S/C7H24O7Si5/c1-8-18(6)11-15(3)10-16(4)12-19(7,9-2)14-17(5)13-18/h15-17H,1-7H3. The molecule has 0 aromatic rings. The summed E-state index contributed by atoms with van der Waals surface area (Å²) < 4.78 is 40.4. The summed E-state index contributed by atoms with van der Waals surface area (Å²) in [5.41, 5.74) is 0. The predicted molar refractivity (Wildman–Crippen MR) is 81.7 cm³/mol. The van der Waals surface area contributed by atoms with Gasteiger partial charge in [0.1, 0.15) is 0 Å². The molecule has 7 nitrogen and oxygen atoms in total. The van der Waals surface area contributed by atoms with Crippen LogP contribution in [0.1, 0.15) is 0 Å². The molecule has 0 radical (unpaired) electrons. The molecular weight excluding hydrogens is 337 g/mol. The van der Waals surface area contributed by atoms with Crippen molar-refractivity contribution < 1.29 is 29.4 Å². The van der Waals surface area contributed by atoms with Crippen molar-refractivity contribution in [3.8, 4) is 0 Å². The summed E-state index contributed by atoms with van der Waals surface area (Å²) in [6, 6.07) is 0. The van der Waals surface area contributed by atoms with Gasteiger partial charge in [0, 0.05) is 27.3 Å². The fourth-order valence-electron chi connectivity index (χ4n) is 1.80. The van der Waals surface area contributed by atoms with E-state index in [1.807, 2.05) is 32.7 Å². The van der Waals surface area contributed by atoms with Crippen LogP contribution in [-0.2, 0) is 29.4 Å². The van der Waals surface area contributed by atoms with Crippen molar-refractivity contribution in [1.82, 2.24) is 0 Å². The highest BCUT2D eigenvalue weighted by molar-refractivity contribution is 6.80. The third-order valence-corrected chi connectivity index (χ3v) is 19.4. The Kier molecular flexibility index (Phi) is 6.75. The first-order chi connectivity index (χ1) is 8.72. The molecular formula is C7H24O7Si5. The van der Waals surface area contributed by atoms with Gasteiger partial charge in [0.05, 0.1) is 0 Å². The van der Waals surface area contributed by atoms with E-state index >= 15 is 0 Å². The maximum atomic E-state index is 5.92. The summed E-state index contributed by atoms with van der Waals surface area (Å²) in [7, 11) is -7.75. The quantitative estimate of drug-likeness (QED) is 0.645. The zero-order valence-electron chi connectivity index (χ0n) is 12.6.